The number of rotatable bonds is 10. The van der Waals surface area contributed by atoms with Gasteiger partial charge in [-0.1, -0.05) is 12.1 Å². The number of urea groups is 1. The van der Waals surface area contributed by atoms with Crippen molar-refractivity contribution in [2.45, 2.75) is 18.0 Å². The largest absolute Gasteiger partial charge is 0.468 e. The minimum atomic E-state index is -3.68. The van der Waals surface area contributed by atoms with Gasteiger partial charge in [0.05, 0.1) is 36.1 Å². The maximum atomic E-state index is 12.4. The first-order valence-electron chi connectivity index (χ1n) is 10.6. The molecular weight excluding hydrogens is 460 g/mol. The number of aromatic nitrogens is 2. The highest BCUT2D eigenvalue weighted by Crippen LogP contribution is 2.13. The van der Waals surface area contributed by atoms with E-state index in [1.165, 1.54) is 30.7 Å². The third kappa shape index (κ3) is 6.11. The Hall–Kier alpha value is -3.90. The van der Waals surface area contributed by atoms with Crippen LogP contribution in [0.1, 0.15) is 11.3 Å². The fraction of sp³-hybridized carbons (Fsp3) is 0.227. The first kappa shape index (κ1) is 23.3. The number of amides is 3. The second-order valence-corrected chi connectivity index (χ2v) is 9.27. The van der Waals surface area contributed by atoms with E-state index < -0.39 is 10.0 Å². The molecule has 0 spiro atoms. The summed E-state index contributed by atoms with van der Waals surface area (Å²) in [6.07, 6.45) is 7.63. The number of anilines is 1. The van der Waals surface area contributed by atoms with Crippen LogP contribution in [0.25, 0.3) is 6.08 Å². The van der Waals surface area contributed by atoms with Crippen LogP contribution in [-0.2, 0) is 27.9 Å². The standard InChI is InChI=1S/C22H24N6O5S/c29-21(26-18-14-24-28(16-18)12-11-27-10-9-23-22(27)30)8-5-17-3-6-20(7-4-17)34(31,32)25-15-19-2-1-13-33-19/h1-8,13-14,16,25H,9-12,15H2,(H,23,30)(H,26,29). The molecule has 1 fully saturated rings. The van der Waals surface area contributed by atoms with E-state index in [1.54, 1.807) is 46.1 Å². The van der Waals surface area contributed by atoms with Gasteiger partial charge in [-0.3, -0.25) is 9.48 Å². The second kappa shape index (κ2) is 10.4. The quantitative estimate of drug-likeness (QED) is 0.374. The van der Waals surface area contributed by atoms with Gasteiger partial charge >= 0.3 is 6.03 Å². The molecule has 0 radical (unpaired) electrons. The predicted octanol–water partition coefficient (Wildman–Crippen LogP) is 1.63. The number of carbonyl (C=O) groups is 2. The van der Waals surface area contributed by atoms with Crippen molar-refractivity contribution in [3.63, 3.8) is 0 Å². The van der Waals surface area contributed by atoms with E-state index >= 15 is 0 Å². The number of sulfonamides is 1. The van der Waals surface area contributed by atoms with Gasteiger partial charge in [-0.05, 0) is 35.9 Å². The van der Waals surface area contributed by atoms with Crippen LogP contribution < -0.4 is 15.4 Å². The van der Waals surface area contributed by atoms with Crippen LogP contribution in [-0.4, -0.2) is 54.7 Å². The number of nitrogens with one attached hydrogen (secondary N) is 3. The minimum Gasteiger partial charge on any atom is -0.468 e. The minimum absolute atomic E-state index is 0.0569. The van der Waals surface area contributed by atoms with Gasteiger partial charge in [-0.15, -0.1) is 0 Å². The number of hydrogen-bond donors (Lipinski definition) is 3. The Morgan fingerprint density at radius 2 is 2.03 bits per heavy atom. The zero-order chi connectivity index (χ0) is 24.0. The van der Waals surface area contributed by atoms with Gasteiger partial charge < -0.3 is 20.0 Å². The first-order chi connectivity index (χ1) is 16.4. The Morgan fingerprint density at radius 1 is 1.21 bits per heavy atom. The average molecular weight is 485 g/mol. The zero-order valence-electron chi connectivity index (χ0n) is 18.2. The maximum absolute atomic E-state index is 12.4. The topological polar surface area (TPSA) is 139 Å². The third-order valence-corrected chi connectivity index (χ3v) is 6.50. The summed E-state index contributed by atoms with van der Waals surface area (Å²) in [6, 6.07) is 9.43. The lowest BCUT2D eigenvalue weighted by Crippen LogP contribution is -2.31. The number of hydrogen-bond acceptors (Lipinski definition) is 6. The highest BCUT2D eigenvalue weighted by molar-refractivity contribution is 7.89. The molecule has 3 N–H and O–H groups in total. The van der Waals surface area contributed by atoms with Crippen molar-refractivity contribution in [3.05, 3.63) is 72.5 Å². The lowest BCUT2D eigenvalue weighted by atomic mass is 10.2. The van der Waals surface area contributed by atoms with E-state index in [2.05, 4.69) is 20.5 Å². The Kier molecular flexibility index (Phi) is 7.09. The SMILES string of the molecule is O=C(C=Cc1ccc(S(=O)(=O)NCc2ccco2)cc1)Nc1cnn(CCN2CCNC2=O)c1. The van der Waals surface area contributed by atoms with E-state index in [0.717, 1.165) is 0 Å². The number of benzene rings is 1. The Bertz CT molecular complexity index is 1270. The highest BCUT2D eigenvalue weighted by Gasteiger charge is 2.18. The smallest absolute Gasteiger partial charge is 0.317 e. The molecule has 0 atom stereocenters. The van der Waals surface area contributed by atoms with E-state index in [1.807, 2.05) is 0 Å². The summed E-state index contributed by atoms with van der Waals surface area (Å²) in [4.78, 5) is 25.6. The van der Waals surface area contributed by atoms with Crippen LogP contribution in [0.3, 0.4) is 0 Å². The molecule has 4 rings (SSSR count). The molecule has 3 aromatic rings. The summed E-state index contributed by atoms with van der Waals surface area (Å²) >= 11 is 0. The Morgan fingerprint density at radius 3 is 2.74 bits per heavy atom. The summed E-state index contributed by atoms with van der Waals surface area (Å²) in [7, 11) is -3.68. The summed E-state index contributed by atoms with van der Waals surface area (Å²) in [5.74, 6) is 0.161. The molecule has 1 aliphatic rings. The van der Waals surface area contributed by atoms with E-state index in [0.29, 0.717) is 43.2 Å². The lowest BCUT2D eigenvalue weighted by molar-refractivity contribution is -0.111. The molecule has 2 aromatic heterocycles. The molecule has 0 unspecified atom stereocenters. The zero-order valence-corrected chi connectivity index (χ0v) is 19.0. The van der Waals surface area contributed by atoms with Crippen molar-refractivity contribution < 1.29 is 22.4 Å². The molecule has 34 heavy (non-hydrogen) atoms. The lowest BCUT2D eigenvalue weighted by Gasteiger charge is -2.13. The van der Waals surface area contributed by atoms with E-state index in [9.17, 15) is 18.0 Å². The molecule has 0 bridgehead atoms. The van der Waals surface area contributed by atoms with Gasteiger partial charge in [0.25, 0.3) is 0 Å². The summed E-state index contributed by atoms with van der Waals surface area (Å²) in [5.41, 5.74) is 1.20. The summed E-state index contributed by atoms with van der Waals surface area (Å²) in [6.45, 7) is 2.42. The second-order valence-electron chi connectivity index (χ2n) is 7.51. The van der Waals surface area contributed by atoms with Crippen LogP contribution >= 0.6 is 0 Å². The molecule has 3 heterocycles. The molecular formula is C22H24N6O5S. The molecule has 1 aromatic carbocycles. The van der Waals surface area contributed by atoms with Crippen LogP contribution in [0, 0.1) is 0 Å². The van der Waals surface area contributed by atoms with Crippen LogP contribution in [0.15, 0.2) is 70.4 Å². The number of carbonyl (C=O) groups excluding carboxylic acids is 2. The van der Waals surface area contributed by atoms with Crippen molar-refractivity contribution in [2.24, 2.45) is 0 Å². The Balaban J connectivity index is 1.26. The fourth-order valence-corrected chi connectivity index (χ4v) is 4.27. The van der Waals surface area contributed by atoms with Crippen LogP contribution in [0.2, 0.25) is 0 Å². The normalized spacial score (nSPS) is 14.0. The third-order valence-electron chi connectivity index (χ3n) is 5.08. The van der Waals surface area contributed by atoms with Gasteiger partial charge in [0.2, 0.25) is 15.9 Å². The van der Waals surface area contributed by atoms with Gasteiger partial charge in [0.1, 0.15) is 5.76 Å². The molecule has 1 saturated heterocycles. The first-order valence-corrected chi connectivity index (χ1v) is 12.0. The Labute approximate surface area is 196 Å². The van der Waals surface area contributed by atoms with Gasteiger partial charge in [0.15, 0.2) is 0 Å². The highest BCUT2D eigenvalue weighted by atomic mass is 32.2. The monoisotopic (exact) mass is 484 g/mol. The van der Waals surface area contributed by atoms with Crippen LogP contribution in [0.4, 0.5) is 10.5 Å². The van der Waals surface area contributed by atoms with E-state index in [4.69, 9.17) is 4.42 Å². The number of furan rings is 1. The van der Waals surface area contributed by atoms with Gasteiger partial charge in [-0.2, -0.15) is 5.10 Å². The van der Waals surface area contributed by atoms with Crippen molar-refractivity contribution in [1.82, 2.24) is 24.7 Å². The molecule has 12 heteroatoms. The summed E-state index contributed by atoms with van der Waals surface area (Å²) < 4.78 is 34.0. The van der Waals surface area contributed by atoms with Crippen LogP contribution in [0.5, 0.6) is 0 Å². The molecule has 1 aliphatic heterocycles. The maximum Gasteiger partial charge on any atom is 0.317 e. The molecule has 11 nitrogen and oxygen atoms in total. The average Bonchev–Trinajstić information content (AvgIpc) is 3.58. The van der Waals surface area contributed by atoms with Gasteiger partial charge in [0, 0.05) is 31.9 Å². The van der Waals surface area contributed by atoms with Gasteiger partial charge in [-0.25, -0.2) is 17.9 Å². The van der Waals surface area contributed by atoms with Crippen molar-refractivity contribution >= 4 is 33.7 Å². The number of nitrogens with zero attached hydrogens (tertiary/aromatic N) is 3. The van der Waals surface area contributed by atoms with Crippen molar-refractivity contribution in [3.8, 4) is 0 Å². The predicted molar refractivity (Wildman–Crippen MR) is 124 cm³/mol. The van der Waals surface area contributed by atoms with Crippen molar-refractivity contribution in [1.29, 1.82) is 0 Å². The fourth-order valence-electron chi connectivity index (χ4n) is 3.27. The molecule has 178 valence electrons. The molecule has 3 amide bonds. The summed E-state index contributed by atoms with van der Waals surface area (Å²) in [5, 5.41) is 9.65. The van der Waals surface area contributed by atoms with Crippen molar-refractivity contribution in [2.75, 3.05) is 25.0 Å². The molecule has 0 saturated carbocycles. The van der Waals surface area contributed by atoms with E-state index in [-0.39, 0.29) is 23.4 Å². The molecule has 0 aliphatic carbocycles.